The molecule has 0 unspecified atom stereocenters. The third-order valence-electron chi connectivity index (χ3n) is 0.400. The van der Waals surface area contributed by atoms with Gasteiger partial charge in [0, 0.05) is 0 Å². The summed E-state index contributed by atoms with van der Waals surface area (Å²) in [5.41, 5.74) is 0. The maximum atomic E-state index is 9.87. The van der Waals surface area contributed by atoms with Crippen molar-refractivity contribution in [2.45, 2.75) is 20.3 Å². The zero-order valence-electron chi connectivity index (χ0n) is 6.59. The van der Waals surface area contributed by atoms with E-state index in [9.17, 15) is 14.7 Å². The van der Waals surface area contributed by atoms with Crippen LogP contribution in [0.3, 0.4) is 0 Å². The third kappa shape index (κ3) is 53.9. The molecule has 0 fully saturated rings. The Kier molecular flexibility index (Phi) is 7.64. The van der Waals surface area contributed by atoms with Gasteiger partial charge < -0.3 is 10.2 Å². The lowest BCUT2D eigenvalue weighted by Gasteiger charge is -1.92. The average Bonchev–Trinajstić information content (AvgIpc) is 1.56. The van der Waals surface area contributed by atoms with E-state index >= 15 is 0 Å². The Morgan fingerprint density at radius 3 is 1.73 bits per heavy atom. The fourth-order valence-electron chi connectivity index (χ4n) is 0.213. The first kappa shape index (κ1) is 12.4. The highest BCUT2D eigenvalue weighted by Gasteiger charge is 1.98. The van der Waals surface area contributed by atoms with Crippen molar-refractivity contribution in [3.63, 3.8) is 0 Å². The number of hydrogen-bond acceptors (Lipinski definition) is 3. The maximum absolute atomic E-state index is 9.87. The van der Waals surface area contributed by atoms with Gasteiger partial charge in [0.2, 0.25) is 0 Å². The molecule has 0 bridgehead atoms. The number of carbonyl (C=O) groups excluding carboxylic acids is 1. The molecular weight excluding hydrogens is 148 g/mol. The summed E-state index contributed by atoms with van der Waals surface area (Å²) in [5, 5.41) is 17.2. The molecule has 4 heteroatoms. The summed E-state index contributed by atoms with van der Waals surface area (Å²) in [5.74, 6) is -1.46. The second kappa shape index (κ2) is 6.80. The van der Waals surface area contributed by atoms with Crippen molar-refractivity contribution >= 4 is 11.8 Å². The van der Waals surface area contributed by atoms with Crippen LogP contribution in [-0.4, -0.2) is 16.9 Å². The first-order valence-corrected chi connectivity index (χ1v) is 2.90. The van der Waals surface area contributed by atoms with Gasteiger partial charge in [0.05, 0.1) is 0 Å². The summed E-state index contributed by atoms with van der Waals surface area (Å²) < 4.78 is 0. The highest BCUT2D eigenvalue weighted by atomic mass is 16.4. The van der Waals surface area contributed by atoms with Crippen LogP contribution in [0, 0.1) is 0 Å². The zero-order valence-corrected chi connectivity index (χ0v) is 6.59. The third-order valence-corrected chi connectivity index (χ3v) is 0.400. The number of rotatable bonds is 2. The van der Waals surface area contributed by atoms with E-state index in [4.69, 9.17) is 5.11 Å². The van der Waals surface area contributed by atoms with E-state index in [1.54, 1.807) is 0 Å². The summed E-state index contributed by atoms with van der Waals surface area (Å²) >= 11 is 0. The molecule has 0 aliphatic rings. The minimum Gasteiger partial charge on any atom is -0.876 e. The SMILES string of the molecule is C=C(C)[O-].CC(=O)CC(=O)O. The number of carboxylic acid groups (broad SMARTS) is 1. The van der Waals surface area contributed by atoms with Crippen molar-refractivity contribution in [3.05, 3.63) is 12.3 Å². The van der Waals surface area contributed by atoms with Crippen LogP contribution >= 0.6 is 0 Å². The van der Waals surface area contributed by atoms with Gasteiger partial charge in [-0.05, 0) is 6.92 Å². The van der Waals surface area contributed by atoms with Crippen molar-refractivity contribution in [2.24, 2.45) is 0 Å². The molecule has 1 N–H and O–H groups in total. The topological polar surface area (TPSA) is 77.4 Å². The number of hydrogen-bond donors (Lipinski definition) is 1. The molecule has 0 rings (SSSR count). The normalized spacial score (nSPS) is 7.45. The van der Waals surface area contributed by atoms with Gasteiger partial charge in [-0.2, -0.15) is 0 Å². The number of carboxylic acids is 1. The van der Waals surface area contributed by atoms with E-state index in [2.05, 4.69) is 6.58 Å². The Balaban J connectivity index is 0. The summed E-state index contributed by atoms with van der Waals surface area (Å²) in [4.78, 5) is 19.5. The minimum atomic E-state index is -1.06. The predicted octanol–water partition coefficient (Wildman–Crippen LogP) is -0.0696. The van der Waals surface area contributed by atoms with Crippen molar-refractivity contribution in [3.8, 4) is 0 Å². The molecule has 0 radical (unpaired) electrons. The molecule has 0 amide bonds. The Morgan fingerprint density at radius 2 is 1.73 bits per heavy atom. The molecular formula is C7H11O4-. The maximum Gasteiger partial charge on any atom is 0.310 e. The monoisotopic (exact) mass is 159 g/mol. The minimum absolute atomic E-state index is 0.0833. The zero-order chi connectivity index (χ0) is 9.44. The molecule has 0 aromatic rings. The second-order valence-corrected chi connectivity index (χ2v) is 1.97. The first-order chi connectivity index (χ1) is 4.86. The summed E-state index contributed by atoms with van der Waals surface area (Å²) in [6.07, 6.45) is -0.361. The fraction of sp³-hybridized carbons (Fsp3) is 0.429. The molecule has 0 saturated carbocycles. The van der Waals surface area contributed by atoms with E-state index in [-0.39, 0.29) is 18.0 Å². The van der Waals surface area contributed by atoms with Gasteiger partial charge in [0.1, 0.15) is 12.2 Å². The molecule has 4 nitrogen and oxygen atoms in total. The molecule has 64 valence electrons. The molecule has 0 saturated heterocycles. The van der Waals surface area contributed by atoms with E-state index in [1.807, 2.05) is 0 Å². The van der Waals surface area contributed by atoms with Gasteiger partial charge in [-0.15, -0.1) is 12.3 Å². The number of ketones is 1. The summed E-state index contributed by atoms with van der Waals surface area (Å²) in [6.45, 7) is 5.66. The van der Waals surface area contributed by atoms with E-state index in [1.165, 1.54) is 13.8 Å². The summed E-state index contributed by atoms with van der Waals surface area (Å²) in [7, 11) is 0. The summed E-state index contributed by atoms with van der Waals surface area (Å²) in [6, 6.07) is 0. The molecule has 0 spiro atoms. The van der Waals surface area contributed by atoms with Crippen LogP contribution in [0.4, 0.5) is 0 Å². The van der Waals surface area contributed by atoms with Gasteiger partial charge in [0.25, 0.3) is 0 Å². The average molecular weight is 159 g/mol. The van der Waals surface area contributed by atoms with Crippen LogP contribution < -0.4 is 5.11 Å². The largest absolute Gasteiger partial charge is 0.876 e. The van der Waals surface area contributed by atoms with E-state index in [0.717, 1.165) is 0 Å². The van der Waals surface area contributed by atoms with Gasteiger partial charge >= 0.3 is 5.97 Å². The van der Waals surface area contributed by atoms with Gasteiger partial charge in [-0.1, -0.05) is 6.92 Å². The Hall–Kier alpha value is -1.32. The van der Waals surface area contributed by atoms with Crippen LogP contribution in [0.2, 0.25) is 0 Å². The van der Waals surface area contributed by atoms with Crippen LogP contribution in [-0.2, 0) is 9.59 Å². The van der Waals surface area contributed by atoms with Crippen LogP contribution in [0.15, 0.2) is 12.3 Å². The molecule has 11 heavy (non-hydrogen) atoms. The van der Waals surface area contributed by atoms with Crippen molar-refractivity contribution in [2.75, 3.05) is 0 Å². The number of Topliss-reactive ketones (excluding diaryl/α,β-unsaturated/α-hetero) is 1. The Morgan fingerprint density at radius 1 is 1.45 bits per heavy atom. The quantitative estimate of drug-likeness (QED) is 0.452. The standard InChI is InChI=1S/C4H6O3.C3H6O/c1-3(5)2-4(6)7;1-3(2)4/h2H2,1H3,(H,6,7);4H,1H2,2H3/p-1. The van der Waals surface area contributed by atoms with Crippen molar-refractivity contribution in [1.29, 1.82) is 0 Å². The number of carbonyl (C=O) groups is 2. The predicted molar refractivity (Wildman–Crippen MR) is 37.7 cm³/mol. The lowest BCUT2D eigenvalue weighted by Crippen LogP contribution is -2.00. The Labute approximate surface area is 65.2 Å². The molecule has 0 aliphatic heterocycles. The molecule has 0 aliphatic carbocycles. The van der Waals surface area contributed by atoms with E-state index in [0.29, 0.717) is 0 Å². The highest BCUT2D eigenvalue weighted by Crippen LogP contribution is 1.77. The lowest BCUT2D eigenvalue weighted by atomic mass is 10.3. The van der Waals surface area contributed by atoms with Crippen LogP contribution in [0.5, 0.6) is 0 Å². The van der Waals surface area contributed by atoms with Gasteiger partial charge in [0.15, 0.2) is 0 Å². The van der Waals surface area contributed by atoms with Crippen LogP contribution in [0.1, 0.15) is 20.3 Å². The molecule has 0 heterocycles. The molecule has 0 atom stereocenters. The fourth-order valence-corrected chi connectivity index (χ4v) is 0.213. The number of allylic oxidation sites excluding steroid dienone is 1. The first-order valence-electron chi connectivity index (χ1n) is 2.90. The van der Waals surface area contributed by atoms with Crippen molar-refractivity contribution < 1.29 is 19.8 Å². The van der Waals surface area contributed by atoms with Crippen LogP contribution in [0.25, 0.3) is 0 Å². The number of aliphatic carboxylic acids is 1. The highest BCUT2D eigenvalue weighted by molar-refractivity contribution is 5.93. The Bertz CT molecular complexity index is 144. The van der Waals surface area contributed by atoms with Gasteiger partial charge in [-0.3, -0.25) is 9.59 Å². The smallest absolute Gasteiger partial charge is 0.310 e. The van der Waals surface area contributed by atoms with Gasteiger partial charge in [-0.25, -0.2) is 0 Å². The second-order valence-electron chi connectivity index (χ2n) is 1.97. The van der Waals surface area contributed by atoms with Crippen molar-refractivity contribution in [1.82, 2.24) is 0 Å². The lowest BCUT2D eigenvalue weighted by molar-refractivity contribution is -0.300. The van der Waals surface area contributed by atoms with E-state index < -0.39 is 5.97 Å². The molecule has 0 aromatic carbocycles. The molecule has 0 aromatic heterocycles.